The maximum Gasteiger partial charge on any atom is 0.251 e. The molecule has 0 heterocycles. The summed E-state index contributed by atoms with van der Waals surface area (Å²) in [4.78, 5) is 12.0. The second-order valence-electron chi connectivity index (χ2n) is 6.05. The molecule has 1 N–H and O–H groups in total. The maximum atomic E-state index is 13.0. The maximum absolute atomic E-state index is 13.0. The third-order valence-corrected chi connectivity index (χ3v) is 5.01. The molecule has 0 aliphatic heterocycles. The zero-order valence-electron chi connectivity index (χ0n) is 14.9. The summed E-state index contributed by atoms with van der Waals surface area (Å²) in [6.07, 6.45) is 3.01. The fourth-order valence-corrected chi connectivity index (χ4v) is 3.30. The summed E-state index contributed by atoms with van der Waals surface area (Å²) in [5, 5.41) is 2.82. The lowest BCUT2D eigenvalue weighted by Crippen LogP contribution is -2.29. The van der Waals surface area contributed by atoms with Crippen molar-refractivity contribution >= 4 is 21.6 Å². The zero-order valence-corrected chi connectivity index (χ0v) is 15.7. The lowest BCUT2D eigenvalue weighted by Gasteiger charge is -2.22. The molecule has 0 spiro atoms. The summed E-state index contributed by atoms with van der Waals surface area (Å²) in [5.41, 5.74) is 1.58. The molecule has 2 rings (SSSR count). The van der Waals surface area contributed by atoms with E-state index in [-0.39, 0.29) is 18.3 Å². The number of benzene rings is 2. The minimum Gasteiger partial charge on any atom is -0.352 e. The van der Waals surface area contributed by atoms with Gasteiger partial charge in [0.05, 0.1) is 18.5 Å². The van der Waals surface area contributed by atoms with Crippen molar-refractivity contribution in [3.63, 3.8) is 0 Å². The fraction of sp³-hybridized carbons (Fsp3) is 0.316. The van der Waals surface area contributed by atoms with Gasteiger partial charge in [0, 0.05) is 12.1 Å². The van der Waals surface area contributed by atoms with E-state index in [9.17, 15) is 17.6 Å². The van der Waals surface area contributed by atoms with E-state index in [1.807, 2.05) is 6.92 Å². The Labute approximate surface area is 153 Å². The molecule has 26 heavy (non-hydrogen) atoms. The van der Waals surface area contributed by atoms with Crippen molar-refractivity contribution in [2.75, 3.05) is 17.1 Å². The first-order chi connectivity index (χ1) is 12.3. The topological polar surface area (TPSA) is 66.5 Å². The largest absolute Gasteiger partial charge is 0.352 e. The molecule has 5 nitrogen and oxygen atoms in total. The zero-order chi connectivity index (χ0) is 19.2. The molecule has 0 aromatic heterocycles. The van der Waals surface area contributed by atoms with Gasteiger partial charge in [0.1, 0.15) is 5.82 Å². The van der Waals surface area contributed by atoms with Crippen LogP contribution in [0.3, 0.4) is 0 Å². The molecule has 7 heteroatoms. The lowest BCUT2D eigenvalue weighted by molar-refractivity contribution is 0.0953. The van der Waals surface area contributed by atoms with E-state index >= 15 is 0 Å². The van der Waals surface area contributed by atoms with Gasteiger partial charge in [-0.25, -0.2) is 12.8 Å². The average molecular weight is 378 g/mol. The number of nitrogens with one attached hydrogen (secondary N) is 1. The van der Waals surface area contributed by atoms with Crippen LogP contribution in [-0.2, 0) is 16.6 Å². The van der Waals surface area contributed by atoms with E-state index in [0.29, 0.717) is 23.4 Å². The Balaban J connectivity index is 2.18. The molecule has 2 aromatic rings. The van der Waals surface area contributed by atoms with Gasteiger partial charge in [0.15, 0.2) is 0 Å². The normalized spacial score (nSPS) is 11.2. The van der Waals surface area contributed by atoms with Crippen LogP contribution >= 0.6 is 0 Å². The monoisotopic (exact) mass is 378 g/mol. The summed E-state index contributed by atoms with van der Waals surface area (Å²) < 4.78 is 38.6. The molecule has 0 aliphatic carbocycles. The van der Waals surface area contributed by atoms with E-state index in [1.54, 1.807) is 36.4 Å². The van der Waals surface area contributed by atoms with E-state index in [2.05, 4.69) is 5.32 Å². The van der Waals surface area contributed by atoms with Crippen molar-refractivity contribution in [1.29, 1.82) is 0 Å². The molecule has 0 saturated carbocycles. The Morgan fingerprint density at radius 1 is 1.08 bits per heavy atom. The standard InChI is InChI=1S/C19H23FN2O3S/c1-3-4-13-21-19(23)16-7-11-18(12-8-16)22(26(2,24)25)14-15-5-9-17(20)10-6-15/h5-12H,3-4,13-14H2,1-2H3,(H,21,23). The number of hydrogen-bond acceptors (Lipinski definition) is 3. The highest BCUT2D eigenvalue weighted by molar-refractivity contribution is 7.92. The van der Waals surface area contributed by atoms with Gasteiger partial charge in [-0.15, -0.1) is 0 Å². The molecule has 0 saturated heterocycles. The quantitative estimate of drug-likeness (QED) is 0.717. The molecule has 1 amide bonds. The van der Waals surface area contributed by atoms with Crippen LogP contribution in [0.5, 0.6) is 0 Å². The Hall–Kier alpha value is -2.41. The van der Waals surface area contributed by atoms with Crippen molar-refractivity contribution in [3.05, 3.63) is 65.5 Å². The Kier molecular flexibility index (Phi) is 6.74. The third kappa shape index (κ3) is 5.56. The van der Waals surface area contributed by atoms with Crippen LogP contribution in [0, 0.1) is 5.82 Å². The SMILES string of the molecule is CCCCNC(=O)c1ccc(N(Cc2ccc(F)cc2)S(C)(=O)=O)cc1. The molecular weight excluding hydrogens is 355 g/mol. The predicted octanol–water partition coefficient (Wildman–Crippen LogP) is 3.32. The van der Waals surface area contributed by atoms with Crippen LogP contribution in [0.4, 0.5) is 10.1 Å². The van der Waals surface area contributed by atoms with Gasteiger partial charge >= 0.3 is 0 Å². The predicted molar refractivity (Wildman–Crippen MR) is 101 cm³/mol. The number of hydrogen-bond donors (Lipinski definition) is 1. The van der Waals surface area contributed by atoms with Gasteiger partial charge in [0.25, 0.3) is 5.91 Å². The number of halogens is 1. The third-order valence-electron chi connectivity index (χ3n) is 3.87. The number of anilines is 1. The van der Waals surface area contributed by atoms with E-state index < -0.39 is 10.0 Å². The number of nitrogens with zero attached hydrogens (tertiary/aromatic N) is 1. The van der Waals surface area contributed by atoms with Crippen LogP contribution in [0.25, 0.3) is 0 Å². The van der Waals surface area contributed by atoms with Crippen molar-refractivity contribution in [2.45, 2.75) is 26.3 Å². The highest BCUT2D eigenvalue weighted by Crippen LogP contribution is 2.21. The summed E-state index contributed by atoms with van der Waals surface area (Å²) in [7, 11) is -3.54. The minimum absolute atomic E-state index is 0.0845. The molecule has 0 bridgehead atoms. The van der Waals surface area contributed by atoms with E-state index in [4.69, 9.17) is 0 Å². The molecule has 0 fully saturated rings. The molecule has 0 unspecified atom stereocenters. The molecule has 0 radical (unpaired) electrons. The van der Waals surface area contributed by atoms with Crippen molar-refractivity contribution in [3.8, 4) is 0 Å². The van der Waals surface area contributed by atoms with Gasteiger partial charge in [-0.05, 0) is 48.4 Å². The number of amides is 1. The first-order valence-corrected chi connectivity index (χ1v) is 10.3. The smallest absolute Gasteiger partial charge is 0.251 e. The molecular formula is C19H23FN2O3S. The van der Waals surface area contributed by atoms with Crippen molar-refractivity contribution < 1.29 is 17.6 Å². The number of unbranched alkanes of at least 4 members (excludes halogenated alkanes) is 1. The van der Waals surface area contributed by atoms with Crippen LogP contribution in [0.15, 0.2) is 48.5 Å². The number of sulfonamides is 1. The van der Waals surface area contributed by atoms with Crippen LogP contribution in [-0.4, -0.2) is 27.1 Å². The Bertz CT molecular complexity index is 834. The Morgan fingerprint density at radius 2 is 1.69 bits per heavy atom. The average Bonchev–Trinajstić information content (AvgIpc) is 2.60. The number of carbonyl (C=O) groups is 1. The fourth-order valence-electron chi connectivity index (χ4n) is 2.42. The van der Waals surface area contributed by atoms with Gasteiger partial charge in [-0.1, -0.05) is 25.5 Å². The van der Waals surface area contributed by atoms with E-state index in [0.717, 1.165) is 19.1 Å². The van der Waals surface area contributed by atoms with Crippen molar-refractivity contribution in [1.82, 2.24) is 5.32 Å². The van der Waals surface area contributed by atoms with E-state index in [1.165, 1.54) is 16.4 Å². The summed E-state index contributed by atoms with van der Waals surface area (Å²) in [6, 6.07) is 12.1. The van der Waals surface area contributed by atoms with Gasteiger partial charge < -0.3 is 5.32 Å². The van der Waals surface area contributed by atoms with Gasteiger partial charge in [-0.3, -0.25) is 9.10 Å². The second kappa shape index (κ2) is 8.80. The molecule has 0 aliphatic rings. The lowest BCUT2D eigenvalue weighted by atomic mass is 10.1. The molecule has 2 aromatic carbocycles. The first kappa shape index (κ1) is 19.9. The molecule has 0 atom stereocenters. The van der Waals surface area contributed by atoms with Crippen molar-refractivity contribution in [2.24, 2.45) is 0 Å². The molecule has 140 valence electrons. The van der Waals surface area contributed by atoms with Gasteiger partial charge in [-0.2, -0.15) is 0 Å². The van der Waals surface area contributed by atoms with Gasteiger partial charge in [0.2, 0.25) is 10.0 Å². The summed E-state index contributed by atoms with van der Waals surface area (Å²) in [5.74, 6) is -0.562. The highest BCUT2D eigenvalue weighted by atomic mass is 32.2. The van der Waals surface area contributed by atoms with Crippen LogP contribution in [0.2, 0.25) is 0 Å². The summed E-state index contributed by atoms with van der Waals surface area (Å²) >= 11 is 0. The highest BCUT2D eigenvalue weighted by Gasteiger charge is 2.18. The number of carbonyl (C=O) groups excluding carboxylic acids is 1. The van der Waals surface area contributed by atoms with Crippen LogP contribution < -0.4 is 9.62 Å². The van der Waals surface area contributed by atoms with Crippen LogP contribution in [0.1, 0.15) is 35.7 Å². The number of rotatable bonds is 8. The summed E-state index contributed by atoms with van der Waals surface area (Å²) in [6.45, 7) is 2.74. The minimum atomic E-state index is -3.54. The Morgan fingerprint density at radius 3 is 2.23 bits per heavy atom. The second-order valence-corrected chi connectivity index (χ2v) is 7.96. The first-order valence-electron chi connectivity index (χ1n) is 8.41.